The molecule has 0 N–H and O–H groups in total. The zero-order valence-electron chi connectivity index (χ0n) is 9.02. The summed E-state index contributed by atoms with van der Waals surface area (Å²) in [6.07, 6.45) is 0. The molecular formula is C12H9FN4. The SMILES string of the molecule is N#CCN(CC#N)Cc1ccc(F)c(C#N)c1. The lowest BCUT2D eigenvalue weighted by atomic mass is 10.1. The van der Waals surface area contributed by atoms with Crippen LogP contribution in [0, 0.1) is 39.8 Å². The number of rotatable bonds is 4. The summed E-state index contributed by atoms with van der Waals surface area (Å²) in [7, 11) is 0. The van der Waals surface area contributed by atoms with Gasteiger partial charge in [0.05, 0.1) is 30.8 Å². The van der Waals surface area contributed by atoms with Crippen LogP contribution in [-0.4, -0.2) is 18.0 Å². The van der Waals surface area contributed by atoms with E-state index >= 15 is 0 Å². The summed E-state index contributed by atoms with van der Waals surface area (Å²) in [5.74, 6) is -0.566. The maximum absolute atomic E-state index is 13.1. The molecule has 17 heavy (non-hydrogen) atoms. The molecular weight excluding hydrogens is 219 g/mol. The maximum atomic E-state index is 13.1. The quantitative estimate of drug-likeness (QED) is 0.732. The molecule has 0 saturated carbocycles. The molecule has 0 atom stereocenters. The summed E-state index contributed by atoms with van der Waals surface area (Å²) in [5.41, 5.74) is 0.671. The molecule has 0 aliphatic carbocycles. The summed E-state index contributed by atoms with van der Waals surface area (Å²) in [6.45, 7) is 0.579. The summed E-state index contributed by atoms with van der Waals surface area (Å²) in [4.78, 5) is 1.61. The Bertz CT molecular complexity index is 503. The molecule has 0 aromatic heterocycles. The first-order valence-electron chi connectivity index (χ1n) is 4.86. The smallest absolute Gasteiger partial charge is 0.140 e. The third-order valence-electron chi connectivity index (χ3n) is 2.15. The molecule has 0 bridgehead atoms. The van der Waals surface area contributed by atoms with Gasteiger partial charge in [-0.15, -0.1) is 0 Å². The highest BCUT2D eigenvalue weighted by molar-refractivity contribution is 5.34. The molecule has 0 fully saturated rings. The molecule has 84 valence electrons. The zero-order valence-corrected chi connectivity index (χ0v) is 9.02. The Balaban J connectivity index is 2.84. The van der Waals surface area contributed by atoms with Crippen molar-refractivity contribution >= 4 is 0 Å². The van der Waals surface area contributed by atoms with Crippen LogP contribution in [-0.2, 0) is 6.54 Å². The van der Waals surface area contributed by atoms with E-state index in [-0.39, 0.29) is 18.7 Å². The average molecular weight is 228 g/mol. The van der Waals surface area contributed by atoms with Crippen LogP contribution in [0.25, 0.3) is 0 Å². The largest absolute Gasteiger partial charge is 0.273 e. The molecule has 4 nitrogen and oxygen atoms in total. The van der Waals surface area contributed by atoms with Crippen LogP contribution < -0.4 is 0 Å². The number of nitriles is 3. The van der Waals surface area contributed by atoms with Crippen LogP contribution in [0.3, 0.4) is 0 Å². The number of hydrogen-bond acceptors (Lipinski definition) is 4. The van der Waals surface area contributed by atoms with Gasteiger partial charge in [0, 0.05) is 6.54 Å². The minimum atomic E-state index is -0.566. The van der Waals surface area contributed by atoms with Gasteiger partial charge in [0.25, 0.3) is 0 Å². The molecule has 0 saturated heterocycles. The monoisotopic (exact) mass is 228 g/mol. The van der Waals surface area contributed by atoms with E-state index in [0.717, 1.165) is 0 Å². The molecule has 0 amide bonds. The molecule has 0 spiro atoms. The van der Waals surface area contributed by atoms with Crippen LogP contribution in [0.2, 0.25) is 0 Å². The molecule has 0 aliphatic heterocycles. The van der Waals surface area contributed by atoms with Crippen molar-refractivity contribution in [3.8, 4) is 18.2 Å². The molecule has 0 radical (unpaired) electrons. The van der Waals surface area contributed by atoms with Crippen LogP contribution in [0.4, 0.5) is 4.39 Å². The Morgan fingerprint density at radius 2 is 1.76 bits per heavy atom. The Labute approximate surface area is 98.7 Å². The second-order valence-electron chi connectivity index (χ2n) is 3.39. The lowest BCUT2D eigenvalue weighted by Gasteiger charge is -2.15. The fraction of sp³-hybridized carbons (Fsp3) is 0.250. The topological polar surface area (TPSA) is 74.6 Å². The van der Waals surface area contributed by atoms with Gasteiger partial charge in [-0.2, -0.15) is 15.8 Å². The Morgan fingerprint density at radius 3 is 2.29 bits per heavy atom. The highest BCUT2D eigenvalue weighted by atomic mass is 19.1. The second-order valence-corrected chi connectivity index (χ2v) is 3.39. The van der Waals surface area contributed by atoms with Gasteiger partial charge in [-0.05, 0) is 17.7 Å². The van der Waals surface area contributed by atoms with E-state index < -0.39 is 5.82 Å². The zero-order chi connectivity index (χ0) is 12.7. The molecule has 1 aromatic carbocycles. The average Bonchev–Trinajstić information content (AvgIpc) is 2.32. The fourth-order valence-corrected chi connectivity index (χ4v) is 1.38. The van der Waals surface area contributed by atoms with Gasteiger partial charge in [-0.25, -0.2) is 4.39 Å². The summed E-state index contributed by atoms with van der Waals surface area (Å²) in [5, 5.41) is 25.8. The third kappa shape index (κ3) is 3.57. The maximum Gasteiger partial charge on any atom is 0.140 e. The molecule has 0 heterocycles. The van der Waals surface area contributed by atoms with Crippen molar-refractivity contribution in [1.82, 2.24) is 4.90 Å². The predicted molar refractivity (Wildman–Crippen MR) is 57.6 cm³/mol. The molecule has 0 unspecified atom stereocenters. The van der Waals surface area contributed by atoms with Gasteiger partial charge >= 0.3 is 0 Å². The van der Waals surface area contributed by atoms with Crippen molar-refractivity contribution in [2.45, 2.75) is 6.54 Å². The Morgan fingerprint density at radius 1 is 1.12 bits per heavy atom. The van der Waals surface area contributed by atoms with Gasteiger partial charge < -0.3 is 0 Å². The van der Waals surface area contributed by atoms with Crippen LogP contribution in [0.1, 0.15) is 11.1 Å². The predicted octanol–water partition coefficient (Wildman–Crippen LogP) is 1.55. The Hall–Kier alpha value is -2.42. The minimum absolute atomic E-state index is 0.0311. The van der Waals surface area contributed by atoms with Crippen LogP contribution >= 0.6 is 0 Å². The number of nitrogens with zero attached hydrogens (tertiary/aromatic N) is 4. The van der Waals surface area contributed by atoms with Gasteiger partial charge in [-0.1, -0.05) is 6.07 Å². The van der Waals surface area contributed by atoms with Crippen molar-refractivity contribution in [3.63, 3.8) is 0 Å². The Kier molecular flexibility index (Phi) is 4.63. The van der Waals surface area contributed by atoms with Gasteiger partial charge in [0.15, 0.2) is 0 Å². The first kappa shape index (κ1) is 12.6. The highest BCUT2D eigenvalue weighted by Gasteiger charge is 2.07. The number of benzene rings is 1. The molecule has 0 aliphatic rings. The second kappa shape index (κ2) is 6.23. The molecule has 1 rings (SSSR count). The summed E-state index contributed by atoms with van der Waals surface area (Å²) in [6, 6.07) is 9.83. The van der Waals surface area contributed by atoms with Crippen LogP contribution in [0.15, 0.2) is 18.2 Å². The first-order valence-corrected chi connectivity index (χ1v) is 4.86. The highest BCUT2D eigenvalue weighted by Crippen LogP contribution is 2.11. The van der Waals surface area contributed by atoms with E-state index in [1.807, 2.05) is 12.1 Å². The summed E-state index contributed by atoms with van der Waals surface area (Å²) < 4.78 is 13.1. The normalized spacial score (nSPS) is 9.35. The van der Waals surface area contributed by atoms with Gasteiger partial charge in [-0.3, -0.25) is 4.90 Å². The van der Waals surface area contributed by atoms with E-state index in [2.05, 4.69) is 0 Å². The number of halogens is 1. The minimum Gasteiger partial charge on any atom is -0.273 e. The lowest BCUT2D eigenvalue weighted by Crippen LogP contribution is -2.23. The number of hydrogen-bond donors (Lipinski definition) is 0. The standard InChI is InChI=1S/C12H9FN4/c13-12-2-1-10(7-11(12)8-16)9-17(5-3-14)6-4-15/h1-2,7H,5-6,9H2. The van der Waals surface area contributed by atoms with Gasteiger partial charge in [0.1, 0.15) is 11.9 Å². The van der Waals surface area contributed by atoms with Crippen LogP contribution in [0.5, 0.6) is 0 Å². The van der Waals surface area contributed by atoms with E-state index in [1.165, 1.54) is 18.2 Å². The van der Waals surface area contributed by atoms with Gasteiger partial charge in [0.2, 0.25) is 0 Å². The van der Waals surface area contributed by atoms with Crippen molar-refractivity contribution in [2.24, 2.45) is 0 Å². The van der Waals surface area contributed by atoms with Crippen molar-refractivity contribution in [1.29, 1.82) is 15.8 Å². The van der Waals surface area contributed by atoms with Crippen molar-refractivity contribution < 1.29 is 4.39 Å². The van der Waals surface area contributed by atoms with E-state index in [1.54, 1.807) is 11.0 Å². The molecule has 1 aromatic rings. The van der Waals surface area contributed by atoms with E-state index in [4.69, 9.17) is 15.8 Å². The van der Waals surface area contributed by atoms with E-state index in [0.29, 0.717) is 12.1 Å². The van der Waals surface area contributed by atoms with Crippen molar-refractivity contribution in [2.75, 3.05) is 13.1 Å². The van der Waals surface area contributed by atoms with E-state index in [9.17, 15) is 4.39 Å². The first-order chi connectivity index (χ1) is 8.21. The fourth-order valence-electron chi connectivity index (χ4n) is 1.38. The summed E-state index contributed by atoms with van der Waals surface area (Å²) >= 11 is 0. The lowest BCUT2D eigenvalue weighted by molar-refractivity contribution is 0.334. The third-order valence-corrected chi connectivity index (χ3v) is 2.15. The van der Waals surface area contributed by atoms with Crippen molar-refractivity contribution in [3.05, 3.63) is 35.1 Å². The molecule has 5 heteroatoms.